The molecule has 0 unspecified atom stereocenters. The van der Waals surface area contributed by atoms with Gasteiger partial charge in [0.2, 0.25) is 0 Å². The molecule has 0 saturated heterocycles. The van der Waals surface area contributed by atoms with E-state index in [1.807, 2.05) is 0 Å². The van der Waals surface area contributed by atoms with Crippen molar-refractivity contribution in [1.82, 2.24) is 0 Å². The lowest BCUT2D eigenvalue weighted by Gasteiger charge is -2.12. The van der Waals surface area contributed by atoms with Gasteiger partial charge in [-0.2, -0.15) is 0 Å². The molecule has 1 rings (SSSR count). The Bertz CT molecular complexity index is 450. The molecule has 4 heteroatoms. The van der Waals surface area contributed by atoms with E-state index in [-0.39, 0.29) is 30.4 Å². The lowest BCUT2D eigenvalue weighted by atomic mass is 9.90. The van der Waals surface area contributed by atoms with Gasteiger partial charge in [0.15, 0.2) is 5.78 Å². The second-order valence-electron chi connectivity index (χ2n) is 4.24. The molecule has 0 aliphatic rings. The fourth-order valence-corrected chi connectivity index (χ4v) is 1.82. The summed E-state index contributed by atoms with van der Waals surface area (Å²) in [4.78, 5) is 35.0. The Balaban J connectivity index is 2.70. The molecule has 0 aliphatic carbocycles. The molecule has 0 heterocycles. The molecule has 1 aromatic carbocycles. The van der Waals surface area contributed by atoms with Gasteiger partial charge >= 0.3 is 5.97 Å². The van der Waals surface area contributed by atoms with E-state index in [1.54, 1.807) is 37.3 Å². The first-order valence-electron chi connectivity index (χ1n) is 6.31. The van der Waals surface area contributed by atoms with E-state index in [9.17, 15) is 14.4 Å². The molecular formula is C15H18O4. The van der Waals surface area contributed by atoms with Crippen LogP contribution < -0.4 is 0 Å². The summed E-state index contributed by atoms with van der Waals surface area (Å²) in [6.45, 7) is 3.39. The lowest BCUT2D eigenvalue weighted by Crippen LogP contribution is -2.23. The molecule has 0 aromatic heterocycles. The second-order valence-corrected chi connectivity index (χ2v) is 4.24. The largest absolute Gasteiger partial charge is 0.466 e. The fraction of sp³-hybridized carbons (Fsp3) is 0.400. The van der Waals surface area contributed by atoms with Crippen LogP contribution in [0.5, 0.6) is 0 Å². The zero-order valence-electron chi connectivity index (χ0n) is 11.2. The molecule has 0 radical (unpaired) electrons. The fourth-order valence-electron chi connectivity index (χ4n) is 1.82. The topological polar surface area (TPSA) is 60.4 Å². The van der Waals surface area contributed by atoms with Crippen molar-refractivity contribution in [3.05, 3.63) is 35.9 Å². The predicted octanol–water partition coefficient (Wildman–Crippen LogP) is 2.42. The maximum Gasteiger partial charge on any atom is 0.305 e. The van der Waals surface area contributed by atoms with E-state index < -0.39 is 5.92 Å². The molecule has 1 aromatic rings. The zero-order chi connectivity index (χ0) is 14.3. The average molecular weight is 262 g/mol. The highest BCUT2D eigenvalue weighted by molar-refractivity contribution is 6.10. The second kappa shape index (κ2) is 7.46. The highest BCUT2D eigenvalue weighted by Crippen LogP contribution is 2.16. The first-order valence-corrected chi connectivity index (χ1v) is 6.31. The third-order valence-corrected chi connectivity index (χ3v) is 2.81. The minimum Gasteiger partial charge on any atom is -0.466 e. The van der Waals surface area contributed by atoms with Crippen LogP contribution in [-0.2, 0) is 14.3 Å². The number of rotatable bonds is 7. The molecule has 0 spiro atoms. The number of carbonyl (C=O) groups excluding carboxylic acids is 3. The van der Waals surface area contributed by atoms with Gasteiger partial charge in [0, 0.05) is 12.0 Å². The molecule has 102 valence electrons. The van der Waals surface area contributed by atoms with Crippen LogP contribution in [0.15, 0.2) is 30.3 Å². The van der Waals surface area contributed by atoms with Crippen molar-refractivity contribution >= 4 is 17.5 Å². The highest BCUT2D eigenvalue weighted by atomic mass is 16.5. The summed E-state index contributed by atoms with van der Waals surface area (Å²) in [5.74, 6) is -1.61. The van der Waals surface area contributed by atoms with E-state index in [1.165, 1.54) is 6.92 Å². The van der Waals surface area contributed by atoms with Crippen LogP contribution in [-0.4, -0.2) is 24.1 Å². The number of Topliss-reactive ketones (excluding diaryl/α,β-unsaturated/α-hetero) is 2. The van der Waals surface area contributed by atoms with Gasteiger partial charge in [-0.05, 0) is 20.3 Å². The summed E-state index contributed by atoms with van der Waals surface area (Å²) in [5.41, 5.74) is 0.492. The minimum absolute atomic E-state index is 0.0800. The molecule has 0 bridgehead atoms. The first kappa shape index (κ1) is 15.1. The van der Waals surface area contributed by atoms with Gasteiger partial charge < -0.3 is 4.74 Å². The van der Waals surface area contributed by atoms with Crippen molar-refractivity contribution in [2.75, 3.05) is 6.61 Å². The minimum atomic E-state index is -0.771. The highest BCUT2D eigenvalue weighted by Gasteiger charge is 2.25. The Kier molecular flexibility index (Phi) is 5.93. The van der Waals surface area contributed by atoms with Crippen LogP contribution in [0.25, 0.3) is 0 Å². The Morgan fingerprint density at radius 3 is 2.32 bits per heavy atom. The molecule has 0 fully saturated rings. The van der Waals surface area contributed by atoms with Gasteiger partial charge in [-0.1, -0.05) is 30.3 Å². The summed E-state index contributed by atoms with van der Waals surface area (Å²) in [6.07, 6.45) is 0.276. The maximum atomic E-state index is 12.2. The number of hydrogen-bond acceptors (Lipinski definition) is 4. The van der Waals surface area contributed by atoms with E-state index in [2.05, 4.69) is 0 Å². The maximum absolute atomic E-state index is 12.2. The monoisotopic (exact) mass is 262 g/mol. The predicted molar refractivity (Wildman–Crippen MR) is 70.8 cm³/mol. The van der Waals surface area contributed by atoms with Crippen molar-refractivity contribution < 1.29 is 19.1 Å². The van der Waals surface area contributed by atoms with Gasteiger partial charge in [-0.25, -0.2) is 0 Å². The molecule has 1 atom stereocenters. The smallest absolute Gasteiger partial charge is 0.305 e. The summed E-state index contributed by atoms with van der Waals surface area (Å²) in [6, 6.07) is 8.63. The molecule has 0 saturated carbocycles. The van der Waals surface area contributed by atoms with Gasteiger partial charge in [-0.15, -0.1) is 0 Å². The first-order chi connectivity index (χ1) is 9.06. The number of hydrogen-bond donors (Lipinski definition) is 0. The summed E-state index contributed by atoms with van der Waals surface area (Å²) >= 11 is 0. The molecule has 19 heavy (non-hydrogen) atoms. The van der Waals surface area contributed by atoms with Crippen LogP contribution in [0, 0.1) is 5.92 Å². The van der Waals surface area contributed by atoms with Gasteiger partial charge in [-0.3, -0.25) is 14.4 Å². The number of ketones is 2. The van der Waals surface area contributed by atoms with Crippen molar-refractivity contribution in [2.24, 2.45) is 5.92 Å². The Morgan fingerprint density at radius 2 is 1.79 bits per heavy atom. The van der Waals surface area contributed by atoms with Crippen LogP contribution in [0.1, 0.15) is 37.0 Å². The molecule has 0 N–H and O–H groups in total. The number of benzene rings is 1. The van der Waals surface area contributed by atoms with E-state index in [0.29, 0.717) is 12.2 Å². The standard InChI is InChI=1S/C15H18O4/c1-3-19-14(17)10-9-13(11(2)16)15(18)12-7-5-4-6-8-12/h4-8,13H,3,9-10H2,1-2H3/t13-/m0/s1. The third-order valence-electron chi connectivity index (χ3n) is 2.81. The zero-order valence-corrected chi connectivity index (χ0v) is 11.2. The normalized spacial score (nSPS) is 11.7. The molecule has 0 amide bonds. The van der Waals surface area contributed by atoms with Crippen molar-refractivity contribution in [3.63, 3.8) is 0 Å². The van der Waals surface area contributed by atoms with Crippen LogP contribution in [0.4, 0.5) is 0 Å². The number of ether oxygens (including phenoxy) is 1. The SMILES string of the molecule is CCOC(=O)CC[C@@H](C(C)=O)C(=O)c1ccccc1. The molecule has 4 nitrogen and oxygen atoms in total. The van der Waals surface area contributed by atoms with Crippen LogP contribution in [0.2, 0.25) is 0 Å². The molecule has 0 aliphatic heterocycles. The summed E-state index contributed by atoms with van der Waals surface area (Å²) in [5, 5.41) is 0. The van der Waals surface area contributed by atoms with Crippen molar-refractivity contribution in [3.8, 4) is 0 Å². The summed E-state index contributed by atoms with van der Waals surface area (Å²) in [7, 11) is 0. The Morgan fingerprint density at radius 1 is 1.16 bits per heavy atom. The summed E-state index contributed by atoms with van der Waals surface area (Å²) < 4.78 is 4.80. The van der Waals surface area contributed by atoms with Crippen molar-refractivity contribution in [1.29, 1.82) is 0 Å². The van der Waals surface area contributed by atoms with Gasteiger partial charge in [0.1, 0.15) is 5.78 Å². The average Bonchev–Trinajstić information content (AvgIpc) is 2.39. The van der Waals surface area contributed by atoms with Crippen LogP contribution in [0.3, 0.4) is 0 Å². The molecular weight excluding hydrogens is 244 g/mol. The number of esters is 1. The van der Waals surface area contributed by atoms with Crippen molar-refractivity contribution in [2.45, 2.75) is 26.7 Å². The Hall–Kier alpha value is -1.97. The van der Waals surface area contributed by atoms with Gasteiger partial charge in [0.05, 0.1) is 12.5 Å². The Labute approximate surface area is 112 Å². The lowest BCUT2D eigenvalue weighted by molar-refractivity contribution is -0.143. The quantitative estimate of drug-likeness (QED) is 0.430. The van der Waals surface area contributed by atoms with Gasteiger partial charge in [0.25, 0.3) is 0 Å². The van der Waals surface area contributed by atoms with E-state index in [4.69, 9.17) is 4.74 Å². The van der Waals surface area contributed by atoms with Crippen LogP contribution >= 0.6 is 0 Å². The third kappa shape index (κ3) is 4.66. The van der Waals surface area contributed by atoms with E-state index >= 15 is 0 Å². The number of carbonyl (C=O) groups is 3. The van der Waals surface area contributed by atoms with E-state index in [0.717, 1.165) is 0 Å².